The van der Waals surface area contributed by atoms with Crippen molar-refractivity contribution in [2.45, 2.75) is 32.6 Å². The molecule has 2 rings (SSSR count). The Morgan fingerprint density at radius 3 is 2.52 bits per heavy atom. The summed E-state index contributed by atoms with van der Waals surface area (Å²) in [5, 5.41) is 3.37. The van der Waals surface area contributed by atoms with Crippen LogP contribution in [0.2, 0.25) is 5.02 Å². The molecule has 2 aromatic rings. The Labute approximate surface area is 130 Å². The van der Waals surface area contributed by atoms with Gasteiger partial charge in [-0.25, -0.2) is 0 Å². The number of nitrogens with one attached hydrogen (secondary N) is 1. The average Bonchev–Trinajstić information content (AvgIpc) is 2.83. The van der Waals surface area contributed by atoms with Crippen molar-refractivity contribution in [3.05, 3.63) is 45.8 Å². The van der Waals surface area contributed by atoms with Gasteiger partial charge in [0.15, 0.2) is 0 Å². The topological polar surface area (TPSA) is 12.0 Å². The normalized spacial score (nSPS) is 12.1. The van der Waals surface area contributed by atoms with Gasteiger partial charge in [0.05, 0.1) is 5.56 Å². The third kappa shape index (κ3) is 4.46. The zero-order valence-corrected chi connectivity index (χ0v) is 13.2. The highest BCUT2D eigenvalue weighted by molar-refractivity contribution is 7.15. The molecule has 0 unspecified atom stereocenters. The van der Waals surface area contributed by atoms with E-state index in [0.29, 0.717) is 18.2 Å². The molecule has 1 nitrogen and oxygen atoms in total. The zero-order chi connectivity index (χ0) is 15.6. The van der Waals surface area contributed by atoms with Crippen molar-refractivity contribution >= 4 is 22.9 Å². The summed E-state index contributed by atoms with van der Waals surface area (Å²) >= 11 is 7.28. The molecule has 0 atom stereocenters. The van der Waals surface area contributed by atoms with Crippen molar-refractivity contribution in [2.75, 3.05) is 0 Å². The maximum Gasteiger partial charge on any atom is 0.416 e. The summed E-state index contributed by atoms with van der Waals surface area (Å²) in [5.41, 5.74) is -0.226. The Balaban J connectivity index is 2.28. The summed E-state index contributed by atoms with van der Waals surface area (Å²) in [6.45, 7) is 4.79. The van der Waals surface area contributed by atoms with E-state index >= 15 is 0 Å². The van der Waals surface area contributed by atoms with Gasteiger partial charge in [-0.2, -0.15) is 13.2 Å². The van der Waals surface area contributed by atoms with E-state index in [0.717, 1.165) is 21.9 Å². The average molecular weight is 334 g/mol. The minimum atomic E-state index is -4.39. The Morgan fingerprint density at radius 2 is 1.90 bits per heavy atom. The molecule has 0 fully saturated rings. The number of halogens is 4. The SMILES string of the molecule is CC(C)NCc1ccc(-c2cc(Cl)cc(C(F)(F)F)c2)s1. The van der Waals surface area contributed by atoms with Crippen molar-refractivity contribution in [3.8, 4) is 10.4 Å². The molecule has 0 aliphatic carbocycles. The highest BCUT2D eigenvalue weighted by atomic mass is 35.5. The van der Waals surface area contributed by atoms with Crippen molar-refractivity contribution < 1.29 is 13.2 Å². The number of hydrogen-bond donors (Lipinski definition) is 1. The lowest BCUT2D eigenvalue weighted by atomic mass is 10.1. The minimum Gasteiger partial charge on any atom is -0.310 e. The second-order valence-electron chi connectivity index (χ2n) is 5.03. The van der Waals surface area contributed by atoms with Gasteiger partial charge in [0.1, 0.15) is 0 Å². The Kier molecular flexibility index (Phi) is 4.96. The summed E-state index contributed by atoms with van der Waals surface area (Å²) in [7, 11) is 0. The number of benzene rings is 1. The van der Waals surface area contributed by atoms with Crippen LogP contribution in [0.15, 0.2) is 30.3 Å². The van der Waals surface area contributed by atoms with Crippen LogP contribution in [0.25, 0.3) is 10.4 Å². The Bertz CT molecular complexity index is 620. The molecule has 0 amide bonds. The van der Waals surface area contributed by atoms with Crippen molar-refractivity contribution in [2.24, 2.45) is 0 Å². The van der Waals surface area contributed by atoms with E-state index in [1.807, 2.05) is 26.0 Å². The lowest BCUT2D eigenvalue weighted by Gasteiger charge is -2.09. The molecule has 114 valence electrons. The quantitative estimate of drug-likeness (QED) is 0.769. The molecular weight excluding hydrogens is 319 g/mol. The van der Waals surface area contributed by atoms with Gasteiger partial charge in [0.25, 0.3) is 0 Å². The van der Waals surface area contributed by atoms with Crippen LogP contribution in [-0.2, 0) is 12.7 Å². The summed E-state index contributed by atoms with van der Waals surface area (Å²) in [4.78, 5) is 1.86. The Morgan fingerprint density at radius 1 is 1.19 bits per heavy atom. The van der Waals surface area contributed by atoms with E-state index in [1.165, 1.54) is 11.3 Å². The highest BCUT2D eigenvalue weighted by Crippen LogP contribution is 2.36. The summed E-state index contributed by atoms with van der Waals surface area (Å²) in [6, 6.07) is 7.75. The highest BCUT2D eigenvalue weighted by Gasteiger charge is 2.31. The van der Waals surface area contributed by atoms with Crippen LogP contribution < -0.4 is 5.32 Å². The number of hydrogen-bond acceptors (Lipinski definition) is 2. The first-order valence-electron chi connectivity index (χ1n) is 6.46. The van der Waals surface area contributed by atoms with Gasteiger partial charge in [0, 0.05) is 27.4 Å². The molecule has 0 bridgehead atoms. The van der Waals surface area contributed by atoms with E-state index in [9.17, 15) is 13.2 Å². The first-order valence-corrected chi connectivity index (χ1v) is 7.65. The van der Waals surface area contributed by atoms with Gasteiger partial charge in [-0.15, -0.1) is 11.3 Å². The predicted octanol–water partition coefficient (Wildman–Crippen LogP) is 5.59. The number of thiophene rings is 1. The molecule has 1 aromatic heterocycles. The third-order valence-electron chi connectivity index (χ3n) is 2.86. The van der Waals surface area contributed by atoms with Crippen molar-refractivity contribution in [1.82, 2.24) is 5.32 Å². The molecule has 0 aliphatic rings. The van der Waals surface area contributed by atoms with E-state index in [1.54, 1.807) is 6.07 Å². The van der Waals surface area contributed by atoms with Crippen LogP contribution in [0.3, 0.4) is 0 Å². The van der Waals surface area contributed by atoms with Crippen LogP contribution in [0, 0.1) is 0 Å². The van der Waals surface area contributed by atoms with E-state index < -0.39 is 11.7 Å². The maximum absolute atomic E-state index is 12.8. The predicted molar refractivity (Wildman–Crippen MR) is 81.7 cm³/mol. The molecule has 0 saturated heterocycles. The smallest absolute Gasteiger partial charge is 0.310 e. The monoisotopic (exact) mass is 333 g/mol. The van der Waals surface area contributed by atoms with E-state index in [4.69, 9.17) is 11.6 Å². The number of alkyl halides is 3. The molecule has 0 aliphatic heterocycles. The molecule has 0 radical (unpaired) electrons. The first kappa shape index (κ1) is 16.3. The van der Waals surface area contributed by atoms with Gasteiger partial charge >= 0.3 is 6.18 Å². The maximum atomic E-state index is 12.8. The van der Waals surface area contributed by atoms with Gasteiger partial charge in [0.2, 0.25) is 0 Å². The molecule has 6 heteroatoms. The zero-order valence-electron chi connectivity index (χ0n) is 11.6. The largest absolute Gasteiger partial charge is 0.416 e. The third-order valence-corrected chi connectivity index (χ3v) is 4.21. The van der Waals surface area contributed by atoms with Gasteiger partial charge < -0.3 is 5.32 Å². The molecule has 1 heterocycles. The summed E-state index contributed by atoms with van der Waals surface area (Å²) < 4.78 is 38.4. The van der Waals surface area contributed by atoms with Crippen molar-refractivity contribution in [3.63, 3.8) is 0 Å². The lowest BCUT2D eigenvalue weighted by molar-refractivity contribution is -0.137. The van der Waals surface area contributed by atoms with Crippen LogP contribution in [0.5, 0.6) is 0 Å². The van der Waals surface area contributed by atoms with Gasteiger partial charge in [-0.3, -0.25) is 0 Å². The van der Waals surface area contributed by atoms with E-state index in [-0.39, 0.29) is 5.02 Å². The Hall–Kier alpha value is -1.04. The fourth-order valence-electron chi connectivity index (χ4n) is 1.83. The van der Waals surface area contributed by atoms with E-state index in [2.05, 4.69) is 5.32 Å². The number of rotatable bonds is 4. The van der Waals surface area contributed by atoms with Crippen LogP contribution in [0.1, 0.15) is 24.3 Å². The molecule has 0 saturated carbocycles. The fraction of sp³-hybridized carbons (Fsp3) is 0.333. The standard InChI is InChI=1S/C15H15ClF3NS/c1-9(2)20-8-13-3-4-14(21-13)10-5-11(15(17,18)19)7-12(16)6-10/h3-7,9,20H,8H2,1-2H3. The molecular formula is C15H15ClF3NS. The van der Waals surface area contributed by atoms with Crippen molar-refractivity contribution in [1.29, 1.82) is 0 Å². The summed E-state index contributed by atoms with van der Waals surface area (Å²) in [6.07, 6.45) is -4.39. The fourth-order valence-corrected chi connectivity index (χ4v) is 3.01. The second kappa shape index (κ2) is 6.38. The van der Waals surface area contributed by atoms with Gasteiger partial charge in [-0.1, -0.05) is 25.4 Å². The second-order valence-corrected chi connectivity index (χ2v) is 6.63. The summed E-state index contributed by atoms with van der Waals surface area (Å²) in [5.74, 6) is 0. The molecule has 1 aromatic carbocycles. The molecule has 21 heavy (non-hydrogen) atoms. The first-order chi connectivity index (χ1) is 9.75. The molecule has 1 N–H and O–H groups in total. The van der Waals surface area contributed by atoms with Gasteiger partial charge in [-0.05, 0) is 35.9 Å². The van der Waals surface area contributed by atoms with Crippen LogP contribution in [0.4, 0.5) is 13.2 Å². The van der Waals surface area contributed by atoms with Crippen LogP contribution >= 0.6 is 22.9 Å². The van der Waals surface area contributed by atoms with Crippen LogP contribution in [-0.4, -0.2) is 6.04 Å². The molecule has 0 spiro atoms. The lowest BCUT2D eigenvalue weighted by Crippen LogP contribution is -2.21. The minimum absolute atomic E-state index is 0.0927.